The summed E-state index contributed by atoms with van der Waals surface area (Å²) in [5, 5.41) is 13.1. The molecule has 248 valence electrons. The average Bonchev–Trinajstić information content (AvgIpc) is 3.02. The van der Waals surface area contributed by atoms with Crippen molar-refractivity contribution in [3.63, 3.8) is 0 Å². The number of benzene rings is 1. The molecule has 1 aliphatic rings. The van der Waals surface area contributed by atoms with Crippen molar-refractivity contribution in [2.45, 2.75) is 71.1 Å². The second-order valence-corrected chi connectivity index (χ2v) is 12.4. The van der Waals surface area contributed by atoms with Crippen LogP contribution in [0.25, 0.3) is 0 Å². The number of rotatable bonds is 10. The number of carbonyl (C=O) groups excluding carboxylic acids is 3. The Bertz CT molecular complexity index is 1240. The van der Waals surface area contributed by atoms with Gasteiger partial charge in [0.1, 0.15) is 5.75 Å². The van der Waals surface area contributed by atoms with Crippen LogP contribution in [0.5, 0.6) is 5.75 Å². The molecular formula is C34H51N5O6. The highest BCUT2D eigenvalue weighted by atomic mass is 16.5. The smallest absolute Gasteiger partial charge is 0.258 e. The zero-order valence-corrected chi connectivity index (χ0v) is 27.7. The number of aliphatic hydroxyl groups excluding tert-OH is 1. The zero-order valence-electron chi connectivity index (χ0n) is 27.7. The van der Waals surface area contributed by atoms with Gasteiger partial charge in [0.2, 0.25) is 5.91 Å². The van der Waals surface area contributed by atoms with Crippen LogP contribution in [-0.4, -0.2) is 115 Å². The van der Waals surface area contributed by atoms with E-state index in [1.165, 1.54) is 0 Å². The van der Waals surface area contributed by atoms with Gasteiger partial charge in [-0.1, -0.05) is 6.92 Å². The van der Waals surface area contributed by atoms with Crippen molar-refractivity contribution in [2.75, 3.05) is 59.3 Å². The minimum absolute atomic E-state index is 0.0601. The number of aliphatic hydroxyl groups is 1. The van der Waals surface area contributed by atoms with Crippen molar-refractivity contribution < 1.29 is 29.0 Å². The predicted octanol–water partition coefficient (Wildman–Crippen LogP) is 3.93. The Hall–Kier alpha value is -3.54. The number of anilines is 1. The van der Waals surface area contributed by atoms with Gasteiger partial charge in [-0.2, -0.15) is 0 Å². The van der Waals surface area contributed by atoms with Crippen LogP contribution in [0.2, 0.25) is 0 Å². The molecule has 0 saturated heterocycles. The zero-order chi connectivity index (χ0) is 32.9. The van der Waals surface area contributed by atoms with E-state index in [-0.39, 0.29) is 49.0 Å². The van der Waals surface area contributed by atoms with Gasteiger partial charge in [0.25, 0.3) is 11.8 Å². The molecule has 1 aliphatic heterocycles. The van der Waals surface area contributed by atoms with Gasteiger partial charge in [-0.3, -0.25) is 19.4 Å². The topological polar surface area (TPSA) is 125 Å². The largest absolute Gasteiger partial charge is 0.490 e. The fraction of sp³-hybridized carbons (Fsp3) is 0.588. The third kappa shape index (κ3) is 11.1. The fourth-order valence-electron chi connectivity index (χ4n) is 5.28. The van der Waals surface area contributed by atoms with Crippen LogP contribution in [0, 0.1) is 5.92 Å². The molecule has 2 aromatic rings. The molecule has 11 heteroatoms. The number of nitrogens with one attached hydrogen (secondary N) is 1. The molecule has 0 spiro atoms. The van der Waals surface area contributed by atoms with Crippen LogP contribution in [0.3, 0.4) is 0 Å². The summed E-state index contributed by atoms with van der Waals surface area (Å²) in [7, 11) is 5.78. The van der Waals surface area contributed by atoms with Crippen LogP contribution in [0.1, 0.15) is 73.6 Å². The lowest BCUT2D eigenvalue weighted by Crippen LogP contribution is -2.48. The molecule has 2 N–H and O–H groups in total. The van der Waals surface area contributed by atoms with E-state index in [1.54, 1.807) is 66.5 Å². The maximum absolute atomic E-state index is 14.3. The Kier molecular flexibility index (Phi) is 14.2. The number of fused-ring (bicyclic) bond motifs is 1. The molecular weight excluding hydrogens is 574 g/mol. The number of carbonyl (C=O) groups is 3. The van der Waals surface area contributed by atoms with Crippen LogP contribution in [-0.2, 0) is 9.53 Å². The van der Waals surface area contributed by atoms with Crippen molar-refractivity contribution >= 4 is 23.4 Å². The number of nitrogens with zero attached hydrogens (tertiary/aromatic N) is 4. The first-order valence-electron chi connectivity index (χ1n) is 15.9. The van der Waals surface area contributed by atoms with Crippen molar-refractivity contribution in [1.82, 2.24) is 19.7 Å². The number of pyridine rings is 1. The van der Waals surface area contributed by atoms with Crippen LogP contribution < -0.4 is 10.1 Å². The molecule has 1 aromatic carbocycles. The highest BCUT2D eigenvalue weighted by molar-refractivity contribution is 6.05. The summed E-state index contributed by atoms with van der Waals surface area (Å²) < 4.78 is 12.6. The van der Waals surface area contributed by atoms with Gasteiger partial charge >= 0.3 is 0 Å². The Morgan fingerprint density at radius 2 is 1.87 bits per heavy atom. The van der Waals surface area contributed by atoms with Gasteiger partial charge in [0.05, 0.1) is 30.4 Å². The van der Waals surface area contributed by atoms with Crippen molar-refractivity contribution in [3.05, 3.63) is 53.9 Å². The minimum Gasteiger partial charge on any atom is -0.490 e. The van der Waals surface area contributed by atoms with Gasteiger partial charge < -0.3 is 34.6 Å². The molecule has 11 nitrogen and oxygen atoms in total. The van der Waals surface area contributed by atoms with Crippen molar-refractivity contribution in [3.8, 4) is 5.75 Å². The van der Waals surface area contributed by atoms with Crippen molar-refractivity contribution in [2.24, 2.45) is 5.92 Å². The van der Waals surface area contributed by atoms with E-state index in [0.717, 1.165) is 32.2 Å². The monoisotopic (exact) mass is 625 g/mol. The Morgan fingerprint density at radius 1 is 1.13 bits per heavy atom. The first kappa shape index (κ1) is 35.9. The lowest BCUT2D eigenvalue weighted by molar-refractivity contribution is -0.132. The van der Waals surface area contributed by atoms with E-state index in [0.29, 0.717) is 42.1 Å². The first-order valence-corrected chi connectivity index (χ1v) is 15.9. The van der Waals surface area contributed by atoms with Gasteiger partial charge in [-0.05, 0) is 90.5 Å². The fourth-order valence-corrected chi connectivity index (χ4v) is 5.28. The SMILES string of the molecule is C[C@@H]1CN([C@@H](C)CO)C(=O)c2cc(NC(=O)c3ccncc3)ccc2O[C@@H](C)CCCCO[C@H]1CN(C)C(=O)CCCN(C)C. The molecule has 0 unspecified atom stereocenters. The van der Waals surface area contributed by atoms with E-state index in [2.05, 4.69) is 15.2 Å². The van der Waals surface area contributed by atoms with Crippen LogP contribution in [0.4, 0.5) is 5.69 Å². The highest BCUT2D eigenvalue weighted by Gasteiger charge is 2.31. The average molecular weight is 626 g/mol. The number of likely N-dealkylation sites (N-methyl/N-ethyl adjacent to an activating group) is 1. The molecule has 0 aliphatic carbocycles. The summed E-state index contributed by atoms with van der Waals surface area (Å²) in [6, 6.07) is 7.79. The quantitative estimate of drug-likeness (QED) is 0.407. The molecule has 0 bridgehead atoms. The lowest BCUT2D eigenvalue weighted by Gasteiger charge is -2.36. The van der Waals surface area contributed by atoms with E-state index in [1.807, 2.05) is 27.9 Å². The Balaban J connectivity index is 1.89. The normalized spacial score (nSPS) is 20.5. The summed E-state index contributed by atoms with van der Waals surface area (Å²) in [5.41, 5.74) is 1.18. The van der Waals surface area contributed by atoms with Crippen LogP contribution >= 0.6 is 0 Å². The molecule has 3 rings (SSSR count). The second kappa shape index (κ2) is 17.8. The standard InChI is InChI=1S/C34H51N5O6/c1-24-21-39(25(2)23-40)34(43)29-20-28(36-33(42)27-14-16-35-17-15-27)12-13-30(29)45-26(3)10-7-8-19-44-31(24)22-38(6)32(41)11-9-18-37(4)5/h12-17,20,24-26,31,40H,7-11,18-19,21-23H2,1-6H3,(H,36,42)/t24-,25+,26+,31+/m1/s1. The molecule has 0 radical (unpaired) electrons. The number of ether oxygens (including phenoxy) is 2. The van der Waals surface area contributed by atoms with E-state index in [9.17, 15) is 19.5 Å². The van der Waals surface area contributed by atoms with E-state index < -0.39 is 6.04 Å². The number of amides is 3. The highest BCUT2D eigenvalue weighted by Crippen LogP contribution is 2.29. The molecule has 4 atom stereocenters. The molecule has 3 amide bonds. The third-order valence-electron chi connectivity index (χ3n) is 8.13. The Morgan fingerprint density at radius 3 is 2.56 bits per heavy atom. The molecule has 1 aromatic heterocycles. The second-order valence-electron chi connectivity index (χ2n) is 12.4. The summed E-state index contributed by atoms with van der Waals surface area (Å²) in [6.45, 7) is 7.60. The maximum Gasteiger partial charge on any atom is 0.258 e. The third-order valence-corrected chi connectivity index (χ3v) is 8.13. The molecule has 45 heavy (non-hydrogen) atoms. The van der Waals surface area contributed by atoms with E-state index in [4.69, 9.17) is 9.47 Å². The van der Waals surface area contributed by atoms with Gasteiger partial charge in [0.15, 0.2) is 0 Å². The molecule has 0 fully saturated rings. The molecule has 2 heterocycles. The molecule has 0 saturated carbocycles. The minimum atomic E-state index is -0.501. The Labute approximate surface area is 267 Å². The number of hydrogen-bond donors (Lipinski definition) is 2. The van der Waals surface area contributed by atoms with Gasteiger partial charge in [-0.25, -0.2) is 0 Å². The predicted molar refractivity (Wildman–Crippen MR) is 174 cm³/mol. The maximum atomic E-state index is 14.3. The van der Waals surface area contributed by atoms with Gasteiger partial charge in [-0.15, -0.1) is 0 Å². The van der Waals surface area contributed by atoms with E-state index >= 15 is 0 Å². The number of aromatic nitrogens is 1. The summed E-state index contributed by atoms with van der Waals surface area (Å²) in [4.78, 5) is 49.5. The van der Waals surface area contributed by atoms with Gasteiger partial charge in [0, 0.05) is 62.7 Å². The summed E-state index contributed by atoms with van der Waals surface area (Å²) >= 11 is 0. The first-order chi connectivity index (χ1) is 21.5. The number of hydrogen-bond acceptors (Lipinski definition) is 8. The van der Waals surface area contributed by atoms with Crippen molar-refractivity contribution in [1.29, 1.82) is 0 Å². The summed E-state index contributed by atoms with van der Waals surface area (Å²) in [5.74, 6) is -0.319. The lowest BCUT2D eigenvalue weighted by atomic mass is 10.0. The van der Waals surface area contributed by atoms with Crippen LogP contribution in [0.15, 0.2) is 42.7 Å². The summed E-state index contributed by atoms with van der Waals surface area (Å²) in [6.07, 6.45) is 6.31.